The van der Waals surface area contributed by atoms with E-state index >= 15 is 0 Å². The molecule has 5 nitrogen and oxygen atoms in total. The summed E-state index contributed by atoms with van der Waals surface area (Å²) in [6, 6.07) is 52.5. The molecule has 222 valence electrons. The molecule has 7 aromatic carbocycles. The molecule has 0 bridgehead atoms. The van der Waals surface area contributed by atoms with Crippen LogP contribution in [0.1, 0.15) is 5.69 Å². The number of benzene rings is 7. The molecule has 0 fully saturated rings. The Morgan fingerprint density at radius 1 is 0.562 bits per heavy atom. The second-order valence-electron chi connectivity index (χ2n) is 12.1. The van der Waals surface area contributed by atoms with E-state index < -0.39 is 0 Å². The predicted molar refractivity (Wildman–Crippen MR) is 194 cm³/mol. The third kappa shape index (κ3) is 3.84. The van der Waals surface area contributed by atoms with E-state index in [-0.39, 0.29) is 0 Å². The minimum Gasteiger partial charge on any atom is -0.455 e. The number of nitriles is 1. The summed E-state index contributed by atoms with van der Waals surface area (Å²) in [4.78, 5) is 9.38. The van der Waals surface area contributed by atoms with Gasteiger partial charge in [0, 0.05) is 43.7 Å². The fraction of sp³-hybridized carbons (Fsp3) is 0. The smallest absolute Gasteiger partial charge is 0.161 e. The van der Waals surface area contributed by atoms with Crippen LogP contribution in [0.15, 0.2) is 150 Å². The first-order valence-corrected chi connectivity index (χ1v) is 15.9. The molecule has 0 aliphatic rings. The van der Waals surface area contributed by atoms with Gasteiger partial charge in [0.2, 0.25) is 0 Å². The third-order valence-electron chi connectivity index (χ3n) is 9.46. The lowest BCUT2D eigenvalue weighted by molar-refractivity contribution is 0.670. The van der Waals surface area contributed by atoms with Crippen LogP contribution in [-0.4, -0.2) is 14.5 Å². The summed E-state index contributed by atoms with van der Waals surface area (Å²) < 4.78 is 8.76. The molecule has 0 atom stereocenters. The highest BCUT2D eigenvalue weighted by atomic mass is 16.3. The molecule has 3 heterocycles. The van der Waals surface area contributed by atoms with Gasteiger partial charge >= 0.3 is 0 Å². The maximum Gasteiger partial charge on any atom is 0.161 e. The SMILES string of the molecule is N#Cc1nc(-c2ccc(-n3c4ccc(-c5cccc6c5oc5ccccc56)cc4c4c5ccccc5ccc43)cc2)nc2ccccc12. The number of para-hydroxylation sites is 3. The summed E-state index contributed by atoms with van der Waals surface area (Å²) >= 11 is 0. The van der Waals surface area contributed by atoms with E-state index in [0.29, 0.717) is 11.5 Å². The molecule has 0 radical (unpaired) electrons. The van der Waals surface area contributed by atoms with Crippen LogP contribution >= 0.6 is 0 Å². The number of rotatable bonds is 3. The molecular formula is C43H24N4O. The Hall–Kier alpha value is -6.77. The molecule has 5 heteroatoms. The van der Waals surface area contributed by atoms with E-state index in [2.05, 4.69) is 113 Å². The predicted octanol–water partition coefficient (Wildman–Crippen LogP) is 11.0. The molecule has 48 heavy (non-hydrogen) atoms. The first-order valence-electron chi connectivity index (χ1n) is 15.9. The number of hydrogen-bond donors (Lipinski definition) is 0. The van der Waals surface area contributed by atoms with Gasteiger partial charge < -0.3 is 8.98 Å². The van der Waals surface area contributed by atoms with Crippen LogP contribution < -0.4 is 0 Å². The highest BCUT2D eigenvalue weighted by molar-refractivity contribution is 6.22. The number of aromatic nitrogens is 3. The Kier molecular flexibility index (Phi) is 5.57. The second-order valence-corrected chi connectivity index (χ2v) is 12.1. The molecule has 0 saturated carbocycles. The highest BCUT2D eigenvalue weighted by Gasteiger charge is 2.18. The average molecular weight is 613 g/mol. The second kappa shape index (κ2) is 10.1. The minimum absolute atomic E-state index is 0.378. The Morgan fingerprint density at radius 2 is 1.29 bits per heavy atom. The standard InChI is InChI=1S/C43H24N4O/c44-25-37-34-11-3-5-14-36(34)45-43(46-37)27-16-20-29(21-17-27)47-38-22-19-28(24-35(38)41-30-9-2-1-8-26(30)18-23-39(41)47)31-12-7-13-33-32-10-4-6-15-40(32)48-42(31)33/h1-24H. The lowest BCUT2D eigenvalue weighted by atomic mass is 9.99. The zero-order chi connectivity index (χ0) is 31.8. The lowest BCUT2D eigenvalue weighted by Gasteiger charge is -2.10. The summed E-state index contributed by atoms with van der Waals surface area (Å²) in [6.07, 6.45) is 0. The van der Waals surface area contributed by atoms with Crippen molar-refractivity contribution in [3.05, 3.63) is 151 Å². The van der Waals surface area contributed by atoms with E-state index in [1.54, 1.807) is 0 Å². The topological polar surface area (TPSA) is 67.6 Å². The van der Waals surface area contributed by atoms with Crippen molar-refractivity contribution in [2.75, 3.05) is 0 Å². The fourth-order valence-electron chi connectivity index (χ4n) is 7.26. The van der Waals surface area contributed by atoms with Crippen molar-refractivity contribution in [3.63, 3.8) is 0 Å². The largest absolute Gasteiger partial charge is 0.455 e. The van der Waals surface area contributed by atoms with E-state index in [9.17, 15) is 5.26 Å². The van der Waals surface area contributed by atoms with E-state index in [1.165, 1.54) is 21.5 Å². The van der Waals surface area contributed by atoms with Gasteiger partial charge in [0.25, 0.3) is 0 Å². The highest BCUT2D eigenvalue weighted by Crippen LogP contribution is 2.41. The molecule has 10 aromatic rings. The van der Waals surface area contributed by atoms with Crippen LogP contribution in [0.5, 0.6) is 0 Å². The van der Waals surface area contributed by atoms with Crippen LogP contribution in [0.4, 0.5) is 0 Å². The van der Waals surface area contributed by atoms with Gasteiger partial charge in [-0.05, 0) is 77.0 Å². The van der Waals surface area contributed by atoms with Crippen molar-refractivity contribution in [1.82, 2.24) is 14.5 Å². The van der Waals surface area contributed by atoms with Crippen LogP contribution in [0, 0.1) is 11.3 Å². The van der Waals surface area contributed by atoms with Gasteiger partial charge in [0.05, 0.1) is 16.6 Å². The number of furan rings is 1. The van der Waals surface area contributed by atoms with Crippen LogP contribution in [0.2, 0.25) is 0 Å². The minimum atomic E-state index is 0.378. The maximum atomic E-state index is 9.78. The van der Waals surface area contributed by atoms with Crippen molar-refractivity contribution < 1.29 is 4.42 Å². The van der Waals surface area contributed by atoms with E-state index in [0.717, 1.165) is 66.3 Å². The first-order chi connectivity index (χ1) is 23.7. The summed E-state index contributed by atoms with van der Waals surface area (Å²) in [7, 11) is 0. The van der Waals surface area contributed by atoms with Gasteiger partial charge in [0.15, 0.2) is 11.5 Å². The molecule has 0 aliphatic heterocycles. The van der Waals surface area contributed by atoms with E-state index in [4.69, 9.17) is 9.40 Å². The summed E-state index contributed by atoms with van der Waals surface area (Å²) in [5.74, 6) is 0.537. The third-order valence-corrected chi connectivity index (χ3v) is 9.46. The van der Waals surface area contributed by atoms with Gasteiger partial charge in [-0.1, -0.05) is 84.9 Å². The number of fused-ring (bicyclic) bond motifs is 9. The normalized spacial score (nSPS) is 11.7. The van der Waals surface area contributed by atoms with Crippen molar-refractivity contribution in [3.8, 4) is 34.3 Å². The van der Waals surface area contributed by atoms with Crippen molar-refractivity contribution in [2.45, 2.75) is 0 Å². The lowest BCUT2D eigenvalue weighted by Crippen LogP contribution is -1.97. The Balaban J connectivity index is 1.18. The van der Waals surface area contributed by atoms with E-state index in [1.807, 2.05) is 48.5 Å². The summed E-state index contributed by atoms with van der Waals surface area (Å²) in [5, 5.41) is 17.6. The van der Waals surface area contributed by atoms with Crippen LogP contribution in [-0.2, 0) is 0 Å². The average Bonchev–Trinajstić information content (AvgIpc) is 3.70. The van der Waals surface area contributed by atoms with Gasteiger partial charge in [0.1, 0.15) is 17.2 Å². The van der Waals surface area contributed by atoms with Gasteiger partial charge in [-0.3, -0.25) is 0 Å². The molecule has 0 saturated heterocycles. The molecule has 3 aromatic heterocycles. The summed E-state index contributed by atoms with van der Waals surface area (Å²) in [6.45, 7) is 0. The quantitative estimate of drug-likeness (QED) is 0.199. The van der Waals surface area contributed by atoms with Gasteiger partial charge in [-0.15, -0.1) is 0 Å². The first kappa shape index (κ1) is 26.4. The molecule has 0 unspecified atom stereocenters. The molecule has 0 amide bonds. The van der Waals surface area contributed by atoms with Gasteiger partial charge in [-0.25, -0.2) is 9.97 Å². The fourth-order valence-corrected chi connectivity index (χ4v) is 7.26. The molecule has 0 N–H and O–H groups in total. The number of hydrogen-bond acceptors (Lipinski definition) is 4. The zero-order valence-electron chi connectivity index (χ0n) is 25.6. The van der Waals surface area contributed by atoms with Gasteiger partial charge in [-0.2, -0.15) is 5.26 Å². The molecule has 0 aliphatic carbocycles. The monoisotopic (exact) mass is 612 g/mol. The number of nitrogens with zero attached hydrogens (tertiary/aromatic N) is 4. The van der Waals surface area contributed by atoms with Crippen LogP contribution in [0.3, 0.4) is 0 Å². The Bertz CT molecular complexity index is 2960. The van der Waals surface area contributed by atoms with Crippen molar-refractivity contribution >= 4 is 65.4 Å². The maximum absolute atomic E-state index is 9.78. The van der Waals surface area contributed by atoms with Crippen molar-refractivity contribution in [1.29, 1.82) is 5.26 Å². The molecule has 0 spiro atoms. The van der Waals surface area contributed by atoms with Crippen LogP contribution in [0.25, 0.3) is 93.6 Å². The Morgan fingerprint density at radius 3 is 2.17 bits per heavy atom. The zero-order valence-corrected chi connectivity index (χ0v) is 25.6. The molecular weight excluding hydrogens is 589 g/mol. The molecule has 10 rings (SSSR count). The summed E-state index contributed by atoms with van der Waals surface area (Å²) in [5.41, 5.74) is 9.24. The van der Waals surface area contributed by atoms with Crippen molar-refractivity contribution in [2.24, 2.45) is 0 Å². The Labute approximate surface area is 274 Å².